The number of hydrogen-bond donors (Lipinski definition) is 1. The van der Waals surface area contributed by atoms with Gasteiger partial charge in [-0.25, -0.2) is 4.98 Å². The molecule has 0 bridgehead atoms. The molecule has 174 valence electrons. The standard InChI is InChI=1S/C25H26N4OS.2ClH/c30-24(10-9-22-17-21-18-26-23-7-4-8-25(31-22)29(21)23)27-20-12-15-28(16-13-20)14-11-19-5-2-1-3-6-19;;/h1-10,17-18,20H,11-16H2,(H,27,30);2*1H. The van der Waals surface area contributed by atoms with Crippen LogP contribution in [0.3, 0.4) is 0 Å². The first-order chi connectivity index (χ1) is 15.2. The van der Waals surface area contributed by atoms with Gasteiger partial charge in [-0.3, -0.25) is 9.20 Å². The van der Waals surface area contributed by atoms with E-state index in [1.54, 1.807) is 17.8 Å². The predicted molar refractivity (Wildman–Crippen MR) is 140 cm³/mol. The quantitative estimate of drug-likeness (QED) is 0.481. The zero-order chi connectivity index (χ0) is 21.0. The van der Waals surface area contributed by atoms with Crippen LogP contribution < -0.4 is 5.32 Å². The number of halogens is 2. The van der Waals surface area contributed by atoms with E-state index in [0.717, 1.165) is 60.2 Å². The molecular weight excluding hydrogens is 475 g/mol. The zero-order valence-corrected chi connectivity index (χ0v) is 20.7. The maximum Gasteiger partial charge on any atom is 0.244 e. The van der Waals surface area contributed by atoms with Crippen LogP contribution in [0.4, 0.5) is 0 Å². The Labute approximate surface area is 211 Å². The molecule has 0 atom stereocenters. The van der Waals surface area contributed by atoms with Gasteiger partial charge in [0.15, 0.2) is 0 Å². The number of imidazole rings is 1. The van der Waals surface area contributed by atoms with E-state index in [0.29, 0.717) is 0 Å². The van der Waals surface area contributed by atoms with Crippen molar-refractivity contribution in [3.05, 3.63) is 83.0 Å². The minimum Gasteiger partial charge on any atom is -0.350 e. The summed E-state index contributed by atoms with van der Waals surface area (Å²) in [7, 11) is 0. The van der Waals surface area contributed by atoms with E-state index in [2.05, 4.69) is 62.1 Å². The molecule has 1 N–H and O–H groups in total. The molecule has 3 aromatic rings. The van der Waals surface area contributed by atoms with Gasteiger partial charge in [0.05, 0.1) is 16.9 Å². The van der Waals surface area contributed by atoms with Gasteiger partial charge in [-0.05, 0) is 49.1 Å². The Kier molecular flexibility index (Phi) is 9.03. The molecule has 0 radical (unpaired) electrons. The molecule has 2 aliphatic heterocycles. The molecule has 5 nitrogen and oxygen atoms in total. The first kappa shape index (κ1) is 25.4. The molecule has 0 unspecified atom stereocenters. The molecule has 0 aliphatic carbocycles. The van der Waals surface area contributed by atoms with E-state index >= 15 is 0 Å². The number of nitrogens with one attached hydrogen (secondary N) is 1. The van der Waals surface area contributed by atoms with Gasteiger partial charge in [-0.2, -0.15) is 0 Å². The molecule has 0 saturated carbocycles. The fourth-order valence-electron chi connectivity index (χ4n) is 4.23. The molecule has 2 aromatic heterocycles. The highest BCUT2D eigenvalue weighted by Crippen LogP contribution is 2.34. The monoisotopic (exact) mass is 502 g/mol. The van der Waals surface area contributed by atoms with E-state index in [1.165, 1.54) is 5.56 Å². The highest BCUT2D eigenvalue weighted by Gasteiger charge is 2.20. The van der Waals surface area contributed by atoms with Crippen LogP contribution in [-0.2, 0) is 11.2 Å². The lowest BCUT2D eigenvalue weighted by Gasteiger charge is -2.32. The Morgan fingerprint density at radius 2 is 1.88 bits per heavy atom. The summed E-state index contributed by atoms with van der Waals surface area (Å²) in [6.45, 7) is 3.16. The SMILES string of the molecule is Cl.Cl.O=C(C=CC1=Cc2cnc3cccc(n23)S1)NC1CCN(CCc2ccccc2)CC1. The lowest BCUT2D eigenvalue weighted by Crippen LogP contribution is -2.44. The van der Waals surface area contributed by atoms with Gasteiger partial charge in [0, 0.05) is 36.7 Å². The van der Waals surface area contributed by atoms with Crippen molar-refractivity contribution in [2.75, 3.05) is 19.6 Å². The number of carbonyl (C=O) groups is 1. The Morgan fingerprint density at radius 3 is 2.67 bits per heavy atom. The van der Waals surface area contributed by atoms with Crippen LogP contribution in [0.2, 0.25) is 0 Å². The third-order valence-corrected chi connectivity index (χ3v) is 6.94. The summed E-state index contributed by atoms with van der Waals surface area (Å²) in [6, 6.07) is 17.0. The Hall–Kier alpha value is -2.25. The van der Waals surface area contributed by atoms with Crippen LogP contribution in [0.1, 0.15) is 24.1 Å². The van der Waals surface area contributed by atoms with Crippen molar-refractivity contribution in [3.63, 3.8) is 0 Å². The third-order valence-electron chi connectivity index (χ3n) is 5.93. The minimum absolute atomic E-state index is 0. The number of nitrogens with zero attached hydrogens (tertiary/aromatic N) is 3. The first-order valence-corrected chi connectivity index (χ1v) is 11.7. The van der Waals surface area contributed by atoms with Crippen LogP contribution in [0.15, 0.2) is 76.8 Å². The highest BCUT2D eigenvalue weighted by molar-refractivity contribution is 8.03. The summed E-state index contributed by atoms with van der Waals surface area (Å²) in [5.41, 5.74) is 3.39. The largest absolute Gasteiger partial charge is 0.350 e. The van der Waals surface area contributed by atoms with Crippen molar-refractivity contribution in [1.29, 1.82) is 0 Å². The van der Waals surface area contributed by atoms with Gasteiger partial charge in [-0.1, -0.05) is 48.2 Å². The summed E-state index contributed by atoms with van der Waals surface area (Å²) >= 11 is 1.66. The van der Waals surface area contributed by atoms with Gasteiger partial charge in [0.25, 0.3) is 0 Å². The van der Waals surface area contributed by atoms with Gasteiger partial charge >= 0.3 is 0 Å². The number of piperidine rings is 1. The van der Waals surface area contributed by atoms with Crippen LogP contribution in [0.25, 0.3) is 11.7 Å². The molecule has 0 spiro atoms. The molecule has 1 fully saturated rings. The average molecular weight is 503 g/mol. The molecule has 4 heterocycles. The molecule has 33 heavy (non-hydrogen) atoms. The van der Waals surface area contributed by atoms with E-state index in [9.17, 15) is 4.79 Å². The third kappa shape index (κ3) is 6.21. The summed E-state index contributed by atoms with van der Waals surface area (Å²) in [6.07, 6.45) is 10.6. The Morgan fingerprint density at radius 1 is 1.09 bits per heavy atom. The summed E-state index contributed by atoms with van der Waals surface area (Å²) in [5, 5.41) is 4.30. The summed E-state index contributed by atoms with van der Waals surface area (Å²) < 4.78 is 2.13. The Bertz CT molecular complexity index is 1140. The van der Waals surface area contributed by atoms with Crippen molar-refractivity contribution < 1.29 is 4.79 Å². The Balaban J connectivity index is 0.00000153. The summed E-state index contributed by atoms with van der Waals surface area (Å²) in [5.74, 6) is -0.0125. The first-order valence-electron chi connectivity index (χ1n) is 10.9. The molecular formula is C25H28Cl2N4OS. The van der Waals surface area contributed by atoms with Crippen LogP contribution in [0.5, 0.6) is 0 Å². The smallest absolute Gasteiger partial charge is 0.244 e. The van der Waals surface area contributed by atoms with Gasteiger partial charge in [-0.15, -0.1) is 24.8 Å². The molecule has 8 heteroatoms. The maximum atomic E-state index is 12.5. The van der Waals surface area contributed by atoms with E-state index in [-0.39, 0.29) is 36.8 Å². The number of rotatable bonds is 6. The second-order valence-electron chi connectivity index (χ2n) is 8.08. The number of thioether (sulfide) groups is 1. The lowest BCUT2D eigenvalue weighted by atomic mass is 10.0. The number of allylic oxidation sites excluding steroid dienone is 1. The van der Waals surface area contributed by atoms with Crippen molar-refractivity contribution >= 4 is 54.2 Å². The number of aromatic nitrogens is 2. The second kappa shape index (κ2) is 11.7. The lowest BCUT2D eigenvalue weighted by molar-refractivity contribution is -0.117. The summed E-state index contributed by atoms with van der Waals surface area (Å²) in [4.78, 5) is 20.4. The van der Waals surface area contributed by atoms with Crippen LogP contribution in [-0.4, -0.2) is 45.9 Å². The normalized spacial score (nSPS) is 16.2. The minimum atomic E-state index is -0.0125. The highest BCUT2D eigenvalue weighted by atomic mass is 35.5. The van der Waals surface area contributed by atoms with Gasteiger partial charge in [0.1, 0.15) is 5.65 Å². The van der Waals surface area contributed by atoms with Gasteiger partial charge in [0.2, 0.25) is 5.91 Å². The van der Waals surface area contributed by atoms with Crippen molar-refractivity contribution in [2.24, 2.45) is 0 Å². The number of pyridine rings is 1. The van der Waals surface area contributed by atoms with E-state index in [1.807, 2.05) is 24.4 Å². The zero-order valence-electron chi connectivity index (χ0n) is 18.2. The van der Waals surface area contributed by atoms with Crippen LogP contribution >= 0.6 is 36.6 Å². The topological polar surface area (TPSA) is 49.6 Å². The molecule has 1 aromatic carbocycles. The second-order valence-corrected chi connectivity index (χ2v) is 9.18. The fraction of sp³-hybridized carbons (Fsp3) is 0.280. The number of amides is 1. The van der Waals surface area contributed by atoms with Crippen molar-refractivity contribution in [3.8, 4) is 0 Å². The predicted octanol–water partition coefficient (Wildman–Crippen LogP) is 5.00. The molecule has 1 amide bonds. The number of carbonyl (C=O) groups excluding carboxylic acids is 1. The number of hydrogen-bond acceptors (Lipinski definition) is 4. The van der Waals surface area contributed by atoms with Crippen molar-refractivity contribution in [1.82, 2.24) is 19.6 Å². The van der Waals surface area contributed by atoms with Crippen molar-refractivity contribution in [2.45, 2.75) is 30.3 Å². The van der Waals surface area contributed by atoms with E-state index < -0.39 is 0 Å². The van der Waals surface area contributed by atoms with Crippen LogP contribution in [0, 0.1) is 0 Å². The molecule has 2 aliphatic rings. The fourth-order valence-corrected chi connectivity index (χ4v) is 5.22. The molecule has 1 saturated heterocycles. The van der Waals surface area contributed by atoms with Gasteiger partial charge < -0.3 is 10.2 Å². The average Bonchev–Trinajstić information content (AvgIpc) is 3.22. The van der Waals surface area contributed by atoms with E-state index in [4.69, 9.17) is 0 Å². The maximum absolute atomic E-state index is 12.5. The molecule has 5 rings (SSSR count). The number of likely N-dealkylation sites (tertiary alicyclic amines) is 1. The number of benzene rings is 1.